The first-order chi connectivity index (χ1) is 14.7. The van der Waals surface area contributed by atoms with Gasteiger partial charge in [-0.2, -0.15) is 0 Å². The van der Waals surface area contributed by atoms with Gasteiger partial charge in [0.15, 0.2) is 0 Å². The number of nitrogens with zero attached hydrogens (tertiary/aromatic N) is 2. The highest BCUT2D eigenvalue weighted by Crippen LogP contribution is 2.35. The molecule has 7 heteroatoms. The highest BCUT2D eigenvalue weighted by atomic mass is 32.1. The van der Waals surface area contributed by atoms with E-state index >= 15 is 0 Å². The topological polar surface area (TPSA) is 73.3 Å². The number of ether oxygens (including phenoxy) is 2. The van der Waals surface area contributed by atoms with Crippen LogP contribution < -0.4 is 10.1 Å². The molecule has 0 spiro atoms. The Kier molecular flexibility index (Phi) is 5.90. The standard InChI is InChI=1S/C23H21N3O3S/c1-15-19-21(26-17-8-10-18(28-2)11-9-17)24-14-25-22(19)30-20(15)23(27)29-13-12-16-6-4-3-5-7-16/h3-11,14H,12-13H2,1-2H3,(H,24,25,26). The van der Waals surface area contributed by atoms with E-state index in [-0.39, 0.29) is 5.97 Å². The summed E-state index contributed by atoms with van der Waals surface area (Å²) >= 11 is 1.32. The fraction of sp³-hybridized carbons (Fsp3) is 0.174. The summed E-state index contributed by atoms with van der Waals surface area (Å²) < 4.78 is 10.7. The van der Waals surface area contributed by atoms with Gasteiger partial charge >= 0.3 is 5.97 Å². The number of hydrogen-bond donors (Lipinski definition) is 1. The fourth-order valence-corrected chi connectivity index (χ4v) is 4.19. The van der Waals surface area contributed by atoms with Crippen LogP contribution in [0.2, 0.25) is 0 Å². The SMILES string of the molecule is COc1ccc(Nc2ncnc3sc(C(=O)OCCc4ccccc4)c(C)c23)cc1. The number of rotatable bonds is 7. The second-order valence-corrected chi connectivity index (χ2v) is 7.68. The monoisotopic (exact) mass is 419 g/mol. The van der Waals surface area contributed by atoms with Gasteiger partial charge in [-0.15, -0.1) is 11.3 Å². The molecule has 0 unspecified atom stereocenters. The summed E-state index contributed by atoms with van der Waals surface area (Å²) in [5, 5.41) is 4.13. The molecule has 6 nitrogen and oxygen atoms in total. The van der Waals surface area contributed by atoms with E-state index in [0.29, 0.717) is 23.7 Å². The molecule has 0 radical (unpaired) electrons. The fourth-order valence-electron chi connectivity index (χ4n) is 3.14. The van der Waals surface area contributed by atoms with Crippen molar-refractivity contribution >= 4 is 39.0 Å². The molecule has 2 aromatic carbocycles. The molecule has 30 heavy (non-hydrogen) atoms. The van der Waals surface area contributed by atoms with E-state index in [1.54, 1.807) is 7.11 Å². The molecule has 4 aromatic rings. The summed E-state index contributed by atoms with van der Waals surface area (Å²) in [6.45, 7) is 2.23. The predicted octanol–water partition coefficient (Wildman–Crippen LogP) is 5.15. The van der Waals surface area contributed by atoms with Crippen LogP contribution in [0, 0.1) is 6.92 Å². The van der Waals surface area contributed by atoms with Crippen molar-refractivity contribution in [1.29, 1.82) is 0 Å². The van der Waals surface area contributed by atoms with E-state index in [4.69, 9.17) is 9.47 Å². The van der Waals surface area contributed by atoms with Crippen molar-refractivity contribution in [3.05, 3.63) is 76.9 Å². The molecule has 0 saturated heterocycles. The first-order valence-electron chi connectivity index (χ1n) is 9.52. The Morgan fingerprint density at radius 2 is 1.83 bits per heavy atom. The highest BCUT2D eigenvalue weighted by molar-refractivity contribution is 7.20. The summed E-state index contributed by atoms with van der Waals surface area (Å²) in [5.74, 6) is 1.10. The molecule has 4 rings (SSSR count). The molecule has 152 valence electrons. The number of carbonyl (C=O) groups is 1. The third-order valence-electron chi connectivity index (χ3n) is 4.73. The molecule has 0 aliphatic heterocycles. The maximum Gasteiger partial charge on any atom is 0.348 e. The number of methoxy groups -OCH3 is 1. The number of hydrogen-bond acceptors (Lipinski definition) is 7. The first kappa shape index (κ1) is 19.8. The number of esters is 1. The van der Waals surface area contributed by atoms with Crippen LogP contribution in [-0.2, 0) is 11.2 Å². The van der Waals surface area contributed by atoms with Crippen molar-refractivity contribution in [2.45, 2.75) is 13.3 Å². The number of fused-ring (bicyclic) bond motifs is 1. The summed E-state index contributed by atoms with van der Waals surface area (Å²) in [4.78, 5) is 22.7. The lowest BCUT2D eigenvalue weighted by Crippen LogP contribution is -2.07. The Morgan fingerprint density at radius 3 is 2.57 bits per heavy atom. The largest absolute Gasteiger partial charge is 0.497 e. The molecular weight excluding hydrogens is 398 g/mol. The lowest BCUT2D eigenvalue weighted by Gasteiger charge is -2.08. The Hall–Kier alpha value is -3.45. The molecule has 2 heterocycles. The first-order valence-corrected chi connectivity index (χ1v) is 10.3. The molecule has 0 atom stereocenters. The lowest BCUT2D eigenvalue weighted by atomic mass is 10.2. The van der Waals surface area contributed by atoms with Crippen LogP contribution in [0.25, 0.3) is 10.2 Å². The van der Waals surface area contributed by atoms with Gasteiger partial charge in [0.25, 0.3) is 0 Å². The second-order valence-electron chi connectivity index (χ2n) is 6.68. The minimum Gasteiger partial charge on any atom is -0.497 e. The molecule has 0 bridgehead atoms. The van der Waals surface area contributed by atoms with Gasteiger partial charge in [-0.1, -0.05) is 30.3 Å². The molecule has 0 amide bonds. The van der Waals surface area contributed by atoms with Gasteiger partial charge in [0.05, 0.1) is 19.1 Å². The van der Waals surface area contributed by atoms with Gasteiger partial charge in [-0.05, 0) is 42.3 Å². The number of aryl methyl sites for hydroxylation is 1. The maximum atomic E-state index is 12.7. The summed E-state index contributed by atoms with van der Waals surface area (Å²) in [6.07, 6.45) is 2.18. The van der Waals surface area contributed by atoms with Crippen molar-refractivity contribution in [1.82, 2.24) is 9.97 Å². The van der Waals surface area contributed by atoms with Crippen molar-refractivity contribution < 1.29 is 14.3 Å². The van der Waals surface area contributed by atoms with Gasteiger partial charge < -0.3 is 14.8 Å². The van der Waals surface area contributed by atoms with Crippen molar-refractivity contribution in [3.8, 4) is 5.75 Å². The predicted molar refractivity (Wildman–Crippen MR) is 119 cm³/mol. The zero-order valence-electron chi connectivity index (χ0n) is 16.7. The minimum absolute atomic E-state index is 0.332. The molecule has 1 N–H and O–H groups in total. The van der Waals surface area contributed by atoms with Crippen molar-refractivity contribution in [3.63, 3.8) is 0 Å². The highest BCUT2D eigenvalue weighted by Gasteiger charge is 2.20. The summed E-state index contributed by atoms with van der Waals surface area (Å²) in [6, 6.07) is 17.5. The maximum absolute atomic E-state index is 12.7. The Bertz CT molecular complexity index is 1160. The lowest BCUT2D eigenvalue weighted by molar-refractivity contribution is 0.0514. The number of aromatic nitrogens is 2. The Balaban J connectivity index is 1.52. The second kappa shape index (κ2) is 8.92. The van der Waals surface area contributed by atoms with Gasteiger partial charge in [0, 0.05) is 12.1 Å². The van der Waals surface area contributed by atoms with Gasteiger partial charge in [-0.25, -0.2) is 14.8 Å². The number of nitrogens with one attached hydrogen (secondary N) is 1. The Morgan fingerprint density at radius 1 is 1.07 bits per heavy atom. The van der Waals surface area contributed by atoms with E-state index in [2.05, 4.69) is 15.3 Å². The van der Waals surface area contributed by atoms with Gasteiger partial charge in [0.1, 0.15) is 27.6 Å². The molecule has 0 aliphatic rings. The number of benzene rings is 2. The third kappa shape index (κ3) is 4.26. The van der Waals surface area contributed by atoms with Crippen LogP contribution >= 0.6 is 11.3 Å². The molecule has 2 aromatic heterocycles. The molecule has 0 saturated carbocycles. The van der Waals surface area contributed by atoms with Crippen LogP contribution in [0.5, 0.6) is 5.75 Å². The van der Waals surface area contributed by atoms with Crippen LogP contribution in [-0.4, -0.2) is 29.7 Å². The minimum atomic E-state index is -0.332. The van der Waals surface area contributed by atoms with Crippen LogP contribution in [0.15, 0.2) is 60.9 Å². The molecular formula is C23H21N3O3S. The zero-order valence-corrected chi connectivity index (χ0v) is 17.5. The average molecular weight is 420 g/mol. The number of anilines is 2. The third-order valence-corrected chi connectivity index (χ3v) is 5.91. The summed E-state index contributed by atoms with van der Waals surface area (Å²) in [5.41, 5.74) is 2.82. The van der Waals surface area contributed by atoms with E-state index < -0.39 is 0 Å². The van der Waals surface area contributed by atoms with Gasteiger partial charge in [-0.3, -0.25) is 0 Å². The summed E-state index contributed by atoms with van der Waals surface area (Å²) in [7, 11) is 1.63. The molecule has 0 aliphatic carbocycles. The average Bonchev–Trinajstić information content (AvgIpc) is 3.12. The quantitative estimate of drug-likeness (QED) is 0.418. The normalized spacial score (nSPS) is 10.7. The van der Waals surface area contributed by atoms with Crippen LogP contribution in [0.3, 0.4) is 0 Å². The van der Waals surface area contributed by atoms with E-state index in [9.17, 15) is 4.79 Å². The van der Waals surface area contributed by atoms with Crippen LogP contribution in [0.1, 0.15) is 20.8 Å². The number of carbonyl (C=O) groups excluding carboxylic acids is 1. The molecule has 0 fully saturated rings. The van der Waals surface area contributed by atoms with Gasteiger partial charge in [0.2, 0.25) is 0 Å². The zero-order chi connectivity index (χ0) is 20.9. The van der Waals surface area contributed by atoms with E-state index in [1.165, 1.54) is 17.7 Å². The van der Waals surface area contributed by atoms with E-state index in [1.807, 2.05) is 61.5 Å². The van der Waals surface area contributed by atoms with Crippen LogP contribution in [0.4, 0.5) is 11.5 Å². The van der Waals surface area contributed by atoms with Crippen molar-refractivity contribution in [2.24, 2.45) is 0 Å². The van der Waals surface area contributed by atoms with Crippen molar-refractivity contribution in [2.75, 3.05) is 19.0 Å². The number of thiophene rings is 1. The Labute approximate surface area is 178 Å². The smallest absolute Gasteiger partial charge is 0.348 e. The van der Waals surface area contributed by atoms with E-state index in [0.717, 1.165) is 32.8 Å².